The molecule has 1 saturated heterocycles. The van der Waals surface area contributed by atoms with E-state index in [1.54, 1.807) is 0 Å². The lowest BCUT2D eigenvalue weighted by Crippen LogP contribution is -2.43. The van der Waals surface area contributed by atoms with Crippen molar-refractivity contribution in [2.45, 2.75) is 25.4 Å². The molecule has 0 bridgehead atoms. The summed E-state index contributed by atoms with van der Waals surface area (Å²) < 4.78 is 5.67. The van der Waals surface area contributed by atoms with Crippen molar-refractivity contribution in [1.29, 1.82) is 0 Å². The fourth-order valence-corrected chi connectivity index (χ4v) is 2.54. The van der Waals surface area contributed by atoms with E-state index in [4.69, 9.17) is 16.0 Å². The van der Waals surface area contributed by atoms with Crippen LogP contribution in [0.2, 0.25) is 5.02 Å². The van der Waals surface area contributed by atoms with Gasteiger partial charge in [0.1, 0.15) is 0 Å². The van der Waals surface area contributed by atoms with Gasteiger partial charge in [-0.1, -0.05) is 23.7 Å². The number of hydrogen-bond acceptors (Lipinski definition) is 5. The van der Waals surface area contributed by atoms with Crippen LogP contribution in [0.5, 0.6) is 0 Å². The molecule has 1 fully saturated rings. The molecule has 1 aromatic carbocycles. The van der Waals surface area contributed by atoms with E-state index in [9.17, 15) is 0 Å². The highest BCUT2D eigenvalue weighted by atomic mass is 35.5. The molecule has 1 aromatic heterocycles. The van der Waals surface area contributed by atoms with Crippen molar-refractivity contribution < 1.29 is 4.42 Å². The Morgan fingerprint density at radius 2 is 2.25 bits per heavy atom. The lowest BCUT2D eigenvalue weighted by Gasteiger charge is -2.23. The standard InChI is InChI=1S/C14H17ClN4O/c1-14(6-7-16-9-14)17-8-12-18-19-13(20-12)10-4-2-3-5-11(10)15/h2-5,16-17H,6-9H2,1H3. The molecule has 0 aliphatic carbocycles. The predicted octanol–water partition coefficient (Wildman–Crippen LogP) is 2.23. The summed E-state index contributed by atoms with van der Waals surface area (Å²) >= 11 is 6.12. The molecule has 0 amide bonds. The predicted molar refractivity (Wildman–Crippen MR) is 77.5 cm³/mol. The summed E-state index contributed by atoms with van der Waals surface area (Å²) in [5.41, 5.74) is 0.862. The first kappa shape index (κ1) is 13.5. The quantitative estimate of drug-likeness (QED) is 0.905. The zero-order valence-corrected chi connectivity index (χ0v) is 12.1. The maximum absolute atomic E-state index is 6.12. The van der Waals surface area contributed by atoms with Gasteiger partial charge < -0.3 is 15.1 Å². The van der Waals surface area contributed by atoms with E-state index in [1.807, 2.05) is 24.3 Å². The molecule has 1 aliphatic heterocycles. The van der Waals surface area contributed by atoms with Crippen molar-refractivity contribution in [3.8, 4) is 11.5 Å². The number of halogens is 1. The zero-order valence-electron chi connectivity index (χ0n) is 11.3. The van der Waals surface area contributed by atoms with E-state index in [2.05, 4.69) is 27.8 Å². The van der Waals surface area contributed by atoms with Crippen molar-refractivity contribution in [2.24, 2.45) is 0 Å². The summed E-state index contributed by atoms with van der Waals surface area (Å²) in [5.74, 6) is 1.04. The van der Waals surface area contributed by atoms with Gasteiger partial charge in [0, 0.05) is 12.1 Å². The molecule has 106 valence electrons. The fourth-order valence-electron chi connectivity index (χ4n) is 2.33. The number of benzene rings is 1. The number of aromatic nitrogens is 2. The monoisotopic (exact) mass is 292 g/mol. The smallest absolute Gasteiger partial charge is 0.249 e. The molecule has 0 saturated carbocycles. The molecule has 3 rings (SSSR count). The van der Waals surface area contributed by atoms with Gasteiger partial charge in [-0.05, 0) is 32.0 Å². The molecule has 1 aliphatic rings. The third kappa shape index (κ3) is 2.85. The topological polar surface area (TPSA) is 63.0 Å². The number of rotatable bonds is 4. The molecule has 2 heterocycles. The number of nitrogens with one attached hydrogen (secondary N) is 2. The maximum Gasteiger partial charge on any atom is 0.249 e. The molecule has 0 radical (unpaired) electrons. The first-order valence-electron chi connectivity index (χ1n) is 6.69. The SMILES string of the molecule is CC1(NCc2nnc(-c3ccccc3Cl)o2)CCNC1. The van der Waals surface area contributed by atoms with Crippen LogP contribution < -0.4 is 10.6 Å². The minimum absolute atomic E-state index is 0.0963. The van der Waals surface area contributed by atoms with E-state index in [1.165, 1.54) is 0 Å². The molecular formula is C14H17ClN4O. The highest BCUT2D eigenvalue weighted by molar-refractivity contribution is 6.33. The van der Waals surface area contributed by atoms with Crippen LogP contribution in [0.15, 0.2) is 28.7 Å². The van der Waals surface area contributed by atoms with Crippen LogP contribution in [0.3, 0.4) is 0 Å². The summed E-state index contributed by atoms with van der Waals surface area (Å²) in [5, 5.41) is 15.5. The highest BCUT2D eigenvalue weighted by Crippen LogP contribution is 2.26. The maximum atomic E-state index is 6.12. The van der Waals surface area contributed by atoms with Gasteiger partial charge in [0.05, 0.1) is 17.1 Å². The van der Waals surface area contributed by atoms with E-state index < -0.39 is 0 Å². The molecule has 20 heavy (non-hydrogen) atoms. The Bertz CT molecular complexity index is 592. The summed E-state index contributed by atoms with van der Waals surface area (Å²) in [6, 6.07) is 7.45. The van der Waals surface area contributed by atoms with Crippen LogP contribution >= 0.6 is 11.6 Å². The Balaban J connectivity index is 1.70. The second-order valence-electron chi connectivity index (χ2n) is 5.32. The molecule has 5 nitrogen and oxygen atoms in total. The van der Waals surface area contributed by atoms with E-state index in [-0.39, 0.29) is 5.54 Å². The molecule has 1 unspecified atom stereocenters. The lowest BCUT2D eigenvalue weighted by atomic mass is 10.0. The van der Waals surface area contributed by atoms with Gasteiger partial charge in [-0.25, -0.2) is 0 Å². The number of hydrogen-bond donors (Lipinski definition) is 2. The largest absolute Gasteiger partial charge is 0.419 e. The highest BCUT2D eigenvalue weighted by Gasteiger charge is 2.28. The van der Waals surface area contributed by atoms with Gasteiger partial charge >= 0.3 is 0 Å². The van der Waals surface area contributed by atoms with E-state index in [0.717, 1.165) is 25.1 Å². The summed E-state index contributed by atoms with van der Waals surface area (Å²) in [4.78, 5) is 0. The van der Waals surface area contributed by atoms with Crippen molar-refractivity contribution in [1.82, 2.24) is 20.8 Å². The summed E-state index contributed by atoms with van der Waals surface area (Å²) in [6.07, 6.45) is 1.10. The second kappa shape index (κ2) is 5.52. The van der Waals surface area contributed by atoms with Crippen molar-refractivity contribution in [2.75, 3.05) is 13.1 Å². The van der Waals surface area contributed by atoms with Crippen molar-refractivity contribution in [3.05, 3.63) is 35.2 Å². The van der Waals surface area contributed by atoms with Crippen LogP contribution in [0.4, 0.5) is 0 Å². The minimum atomic E-state index is 0.0963. The lowest BCUT2D eigenvalue weighted by molar-refractivity contribution is 0.356. The van der Waals surface area contributed by atoms with Crippen molar-refractivity contribution >= 4 is 11.6 Å². The van der Waals surface area contributed by atoms with Crippen molar-refractivity contribution in [3.63, 3.8) is 0 Å². The van der Waals surface area contributed by atoms with Crippen LogP contribution in [0, 0.1) is 0 Å². The Kier molecular flexibility index (Phi) is 3.74. The van der Waals surface area contributed by atoms with E-state index >= 15 is 0 Å². The third-order valence-corrected chi connectivity index (χ3v) is 3.94. The fraction of sp³-hybridized carbons (Fsp3) is 0.429. The molecular weight excluding hydrogens is 276 g/mol. The van der Waals surface area contributed by atoms with Gasteiger partial charge in [0.2, 0.25) is 11.8 Å². The van der Waals surface area contributed by atoms with Crippen LogP contribution in [0.1, 0.15) is 19.2 Å². The third-order valence-electron chi connectivity index (χ3n) is 3.61. The van der Waals surface area contributed by atoms with Crippen LogP contribution in [-0.4, -0.2) is 28.8 Å². The van der Waals surface area contributed by atoms with Gasteiger partial charge in [-0.15, -0.1) is 10.2 Å². The van der Waals surface area contributed by atoms with Gasteiger partial charge in [-0.2, -0.15) is 0 Å². The summed E-state index contributed by atoms with van der Waals surface area (Å²) in [7, 11) is 0. The minimum Gasteiger partial charge on any atom is -0.419 e. The normalized spacial score (nSPS) is 22.3. The first-order chi connectivity index (χ1) is 9.66. The molecule has 2 N–H and O–H groups in total. The number of nitrogens with zero attached hydrogens (tertiary/aromatic N) is 2. The molecule has 6 heteroatoms. The average molecular weight is 293 g/mol. The Morgan fingerprint density at radius 3 is 3.00 bits per heavy atom. The van der Waals surface area contributed by atoms with Gasteiger partial charge in [-0.3, -0.25) is 0 Å². The second-order valence-corrected chi connectivity index (χ2v) is 5.73. The summed E-state index contributed by atoms with van der Waals surface area (Å²) in [6.45, 7) is 4.75. The van der Waals surface area contributed by atoms with Gasteiger partial charge in [0.15, 0.2) is 0 Å². The zero-order chi connectivity index (χ0) is 14.0. The molecule has 2 aromatic rings. The Labute approximate surface area is 122 Å². The van der Waals surface area contributed by atoms with E-state index in [0.29, 0.717) is 23.3 Å². The first-order valence-corrected chi connectivity index (χ1v) is 7.07. The molecule has 1 atom stereocenters. The van der Waals surface area contributed by atoms with Crippen LogP contribution in [-0.2, 0) is 6.54 Å². The van der Waals surface area contributed by atoms with Crippen LogP contribution in [0.25, 0.3) is 11.5 Å². The van der Waals surface area contributed by atoms with Gasteiger partial charge in [0.25, 0.3) is 0 Å². The Hall–Kier alpha value is -1.43. The average Bonchev–Trinajstić information content (AvgIpc) is 3.07. The Morgan fingerprint density at radius 1 is 1.40 bits per heavy atom. The molecule has 0 spiro atoms.